The Morgan fingerprint density at radius 1 is 1.30 bits per heavy atom. The molecule has 0 fully saturated rings. The van der Waals surface area contributed by atoms with Crippen LogP contribution >= 0.6 is 0 Å². The topological polar surface area (TPSA) is 67.8 Å². The number of benzene rings is 1. The van der Waals surface area contributed by atoms with Crippen LogP contribution in [-0.4, -0.2) is 17.1 Å². The van der Waals surface area contributed by atoms with Crippen LogP contribution in [0.1, 0.15) is 31.9 Å². The van der Waals surface area contributed by atoms with E-state index in [-0.39, 0.29) is 23.3 Å². The highest BCUT2D eigenvalue weighted by Crippen LogP contribution is 2.34. The fraction of sp³-hybridized carbons (Fsp3) is 0.462. The summed E-state index contributed by atoms with van der Waals surface area (Å²) in [7, 11) is 0. The van der Waals surface area contributed by atoms with Crippen molar-refractivity contribution in [3.8, 4) is 5.75 Å². The molecule has 0 aliphatic rings. The fourth-order valence-corrected chi connectivity index (χ4v) is 1.46. The summed E-state index contributed by atoms with van der Waals surface area (Å²) in [6.45, 7) is 5.58. The Morgan fingerprint density at radius 2 is 1.90 bits per heavy atom. The summed E-state index contributed by atoms with van der Waals surface area (Å²) in [4.78, 5) is 0. The highest BCUT2D eigenvalue weighted by molar-refractivity contribution is 5.98. The van der Waals surface area contributed by atoms with Gasteiger partial charge in [-0.15, -0.1) is 0 Å². The maximum absolute atomic E-state index is 13.0. The molecular formula is C13H17F3N2O2. The first-order valence-corrected chi connectivity index (χ1v) is 6.02. The summed E-state index contributed by atoms with van der Waals surface area (Å²) in [5, 5.41) is 11.1. The lowest BCUT2D eigenvalue weighted by molar-refractivity contribution is -0.137. The predicted octanol–water partition coefficient (Wildman–Crippen LogP) is 3.22. The standard InChI is InChI=1S/C13H17F3N2O2/c1-7(2)8(3)20-9-4-5-10(12(17)18-19)11(6-9)13(14,15)16/h4-8,19H,1-3H3,(H2,17,18). The fourth-order valence-electron chi connectivity index (χ4n) is 1.46. The van der Waals surface area contributed by atoms with Crippen molar-refractivity contribution in [1.82, 2.24) is 0 Å². The quantitative estimate of drug-likeness (QED) is 0.387. The van der Waals surface area contributed by atoms with Crippen LogP contribution in [0.3, 0.4) is 0 Å². The molecule has 7 heteroatoms. The van der Waals surface area contributed by atoms with Gasteiger partial charge in [0.1, 0.15) is 5.75 Å². The minimum absolute atomic E-state index is 0.0908. The van der Waals surface area contributed by atoms with Crippen molar-refractivity contribution in [3.05, 3.63) is 29.3 Å². The first kappa shape index (κ1) is 16.1. The second-order valence-electron chi connectivity index (χ2n) is 4.76. The first-order chi connectivity index (χ1) is 9.16. The Morgan fingerprint density at radius 3 is 2.35 bits per heavy atom. The third-order valence-electron chi connectivity index (χ3n) is 2.94. The number of hydrogen-bond donors (Lipinski definition) is 2. The number of ether oxygens (including phenoxy) is 1. The van der Waals surface area contributed by atoms with Gasteiger partial charge in [-0.05, 0) is 31.0 Å². The SMILES string of the molecule is CC(C)C(C)Oc1ccc(/C(N)=N/O)c(C(F)(F)F)c1. The second kappa shape index (κ2) is 6.02. The molecule has 20 heavy (non-hydrogen) atoms. The van der Waals surface area contributed by atoms with Gasteiger partial charge in [0, 0.05) is 5.56 Å². The van der Waals surface area contributed by atoms with E-state index >= 15 is 0 Å². The number of nitrogens with zero attached hydrogens (tertiary/aromatic N) is 1. The van der Waals surface area contributed by atoms with Gasteiger partial charge in [-0.2, -0.15) is 13.2 Å². The normalized spacial score (nSPS) is 14.4. The van der Waals surface area contributed by atoms with E-state index < -0.39 is 17.6 Å². The number of amidine groups is 1. The molecular weight excluding hydrogens is 273 g/mol. The molecule has 0 saturated heterocycles. The van der Waals surface area contributed by atoms with Crippen LogP contribution in [0.25, 0.3) is 0 Å². The Balaban J connectivity index is 3.22. The molecule has 1 rings (SSSR count). The van der Waals surface area contributed by atoms with Crippen molar-refractivity contribution < 1.29 is 23.1 Å². The molecule has 0 amide bonds. The zero-order valence-electron chi connectivity index (χ0n) is 11.4. The van der Waals surface area contributed by atoms with Crippen LogP contribution in [0.5, 0.6) is 5.75 Å². The molecule has 0 saturated carbocycles. The number of nitrogens with two attached hydrogens (primary N) is 1. The molecule has 0 aromatic heterocycles. The van der Waals surface area contributed by atoms with Crippen molar-refractivity contribution in [2.75, 3.05) is 0 Å². The average Bonchev–Trinajstić information content (AvgIpc) is 2.36. The molecule has 1 atom stereocenters. The maximum Gasteiger partial charge on any atom is 0.417 e. The lowest BCUT2D eigenvalue weighted by Gasteiger charge is -2.20. The molecule has 0 bridgehead atoms. The van der Waals surface area contributed by atoms with E-state index in [0.717, 1.165) is 12.1 Å². The molecule has 3 N–H and O–H groups in total. The van der Waals surface area contributed by atoms with Crippen LogP contribution in [0.15, 0.2) is 23.4 Å². The zero-order valence-corrected chi connectivity index (χ0v) is 11.4. The number of alkyl halides is 3. The van der Waals surface area contributed by atoms with Crippen LogP contribution in [0.2, 0.25) is 0 Å². The summed E-state index contributed by atoms with van der Waals surface area (Å²) in [6.07, 6.45) is -4.85. The zero-order chi connectivity index (χ0) is 15.5. The lowest BCUT2D eigenvalue weighted by atomic mass is 10.1. The van der Waals surface area contributed by atoms with Crippen molar-refractivity contribution in [2.24, 2.45) is 16.8 Å². The van der Waals surface area contributed by atoms with Crippen LogP contribution in [0, 0.1) is 5.92 Å². The van der Waals surface area contributed by atoms with Crippen molar-refractivity contribution in [2.45, 2.75) is 33.1 Å². The maximum atomic E-state index is 13.0. The van der Waals surface area contributed by atoms with Gasteiger partial charge in [-0.25, -0.2) is 0 Å². The lowest BCUT2D eigenvalue weighted by Crippen LogP contribution is -2.22. The Labute approximate surface area is 115 Å². The first-order valence-electron chi connectivity index (χ1n) is 6.02. The minimum atomic E-state index is -4.62. The largest absolute Gasteiger partial charge is 0.490 e. The van der Waals surface area contributed by atoms with Gasteiger partial charge in [0.05, 0.1) is 11.7 Å². The molecule has 4 nitrogen and oxygen atoms in total. The average molecular weight is 290 g/mol. The Bertz CT molecular complexity index is 499. The molecule has 1 unspecified atom stereocenters. The molecule has 112 valence electrons. The van der Waals surface area contributed by atoms with Crippen LogP contribution in [0.4, 0.5) is 13.2 Å². The van der Waals surface area contributed by atoms with E-state index in [1.807, 2.05) is 13.8 Å². The van der Waals surface area contributed by atoms with Gasteiger partial charge < -0.3 is 15.7 Å². The van der Waals surface area contributed by atoms with Crippen molar-refractivity contribution in [3.63, 3.8) is 0 Å². The van der Waals surface area contributed by atoms with Crippen LogP contribution in [-0.2, 0) is 6.18 Å². The third kappa shape index (κ3) is 3.79. The second-order valence-corrected chi connectivity index (χ2v) is 4.76. The van der Waals surface area contributed by atoms with E-state index in [0.29, 0.717) is 0 Å². The van der Waals surface area contributed by atoms with Gasteiger partial charge in [0.15, 0.2) is 5.84 Å². The summed E-state index contributed by atoms with van der Waals surface area (Å²) in [6, 6.07) is 3.34. The molecule has 1 aromatic carbocycles. The van der Waals surface area contributed by atoms with Crippen molar-refractivity contribution in [1.29, 1.82) is 0 Å². The Hall–Kier alpha value is -1.92. The third-order valence-corrected chi connectivity index (χ3v) is 2.94. The van der Waals surface area contributed by atoms with Crippen molar-refractivity contribution >= 4 is 5.84 Å². The number of rotatable bonds is 4. The molecule has 0 spiro atoms. The van der Waals surface area contributed by atoms with Gasteiger partial charge in [0.25, 0.3) is 0 Å². The monoisotopic (exact) mass is 290 g/mol. The Kier molecular flexibility index (Phi) is 4.86. The molecule has 0 aliphatic heterocycles. The van der Waals surface area contributed by atoms with Gasteiger partial charge in [0.2, 0.25) is 0 Å². The van der Waals surface area contributed by atoms with Gasteiger partial charge >= 0.3 is 6.18 Å². The molecule has 0 radical (unpaired) electrons. The van der Waals surface area contributed by atoms with Gasteiger partial charge in [-0.1, -0.05) is 19.0 Å². The highest BCUT2D eigenvalue weighted by Gasteiger charge is 2.35. The smallest absolute Gasteiger partial charge is 0.417 e. The molecule has 1 aromatic rings. The number of oxime groups is 1. The van der Waals surface area contributed by atoms with Crippen LogP contribution < -0.4 is 10.5 Å². The van der Waals surface area contributed by atoms with E-state index in [2.05, 4.69) is 5.16 Å². The minimum Gasteiger partial charge on any atom is -0.490 e. The summed E-state index contributed by atoms with van der Waals surface area (Å²) in [5.74, 6) is -0.345. The van der Waals surface area contributed by atoms with E-state index in [1.54, 1.807) is 6.92 Å². The summed E-state index contributed by atoms with van der Waals surface area (Å²) >= 11 is 0. The van der Waals surface area contributed by atoms with E-state index in [4.69, 9.17) is 15.7 Å². The number of hydrogen-bond acceptors (Lipinski definition) is 3. The highest BCUT2D eigenvalue weighted by atomic mass is 19.4. The van der Waals surface area contributed by atoms with E-state index in [9.17, 15) is 13.2 Å². The molecule has 0 heterocycles. The number of halogens is 3. The summed E-state index contributed by atoms with van der Waals surface area (Å²) in [5.41, 5.74) is 3.87. The summed E-state index contributed by atoms with van der Waals surface area (Å²) < 4.78 is 44.4. The predicted molar refractivity (Wildman–Crippen MR) is 68.9 cm³/mol. The van der Waals surface area contributed by atoms with Gasteiger partial charge in [-0.3, -0.25) is 0 Å². The van der Waals surface area contributed by atoms with E-state index in [1.165, 1.54) is 6.07 Å². The molecule has 0 aliphatic carbocycles.